The maximum Gasteiger partial charge on any atom is 0.255 e. The van der Waals surface area contributed by atoms with Crippen LogP contribution in [-0.4, -0.2) is 31.3 Å². The molecule has 0 aliphatic carbocycles. The number of aromatic amines is 1. The van der Waals surface area contributed by atoms with Crippen molar-refractivity contribution < 1.29 is 4.74 Å². The summed E-state index contributed by atoms with van der Waals surface area (Å²) in [5, 5.41) is 11.8. The number of rotatable bonds is 3. The second-order valence-corrected chi connectivity index (χ2v) is 6.53. The van der Waals surface area contributed by atoms with E-state index in [9.17, 15) is 0 Å². The molecule has 6 nitrogen and oxygen atoms in total. The summed E-state index contributed by atoms with van der Waals surface area (Å²) >= 11 is 5.47. The minimum absolute atomic E-state index is 0.523. The fourth-order valence-corrected chi connectivity index (χ4v) is 3.54. The topological polar surface area (TPSA) is 59.6 Å². The van der Waals surface area contributed by atoms with Crippen molar-refractivity contribution >= 4 is 23.5 Å². The first-order chi connectivity index (χ1) is 13.3. The van der Waals surface area contributed by atoms with Crippen molar-refractivity contribution in [3.63, 3.8) is 0 Å². The minimum Gasteiger partial charge on any atom is -0.497 e. The normalized spacial score (nSPS) is 11.3. The van der Waals surface area contributed by atoms with Crippen LogP contribution < -0.4 is 4.74 Å². The first-order valence-electron chi connectivity index (χ1n) is 8.44. The zero-order chi connectivity index (χ0) is 18.4. The molecule has 0 fully saturated rings. The Morgan fingerprint density at radius 3 is 2.52 bits per heavy atom. The van der Waals surface area contributed by atoms with Crippen molar-refractivity contribution in [2.45, 2.75) is 0 Å². The van der Waals surface area contributed by atoms with Crippen molar-refractivity contribution in [2.75, 3.05) is 7.11 Å². The smallest absolute Gasteiger partial charge is 0.255 e. The van der Waals surface area contributed by atoms with Crippen molar-refractivity contribution in [3.05, 3.63) is 71.6 Å². The molecule has 5 aromatic rings. The van der Waals surface area contributed by atoms with Crippen LogP contribution in [0.1, 0.15) is 0 Å². The molecule has 0 bridgehead atoms. The van der Waals surface area contributed by atoms with Gasteiger partial charge in [0.15, 0.2) is 0 Å². The van der Waals surface area contributed by atoms with Crippen LogP contribution in [0, 0.1) is 4.77 Å². The molecule has 5 rings (SSSR count). The van der Waals surface area contributed by atoms with E-state index in [2.05, 4.69) is 33.5 Å². The van der Waals surface area contributed by atoms with Gasteiger partial charge in [-0.25, -0.2) is 5.10 Å². The molecule has 3 heterocycles. The SMILES string of the molecule is COc1ccc(-c2cc3c(-c4ccccc4)cnn3c3n[nH]c(=S)n23)cc1. The van der Waals surface area contributed by atoms with E-state index in [1.54, 1.807) is 7.11 Å². The van der Waals surface area contributed by atoms with Crippen molar-refractivity contribution in [1.29, 1.82) is 0 Å². The van der Waals surface area contributed by atoms with Gasteiger partial charge in [0.2, 0.25) is 4.77 Å². The highest BCUT2D eigenvalue weighted by Gasteiger charge is 2.15. The van der Waals surface area contributed by atoms with Crippen LogP contribution in [0.25, 0.3) is 33.7 Å². The van der Waals surface area contributed by atoms with E-state index in [-0.39, 0.29) is 0 Å². The van der Waals surface area contributed by atoms with Crippen LogP contribution >= 0.6 is 12.2 Å². The van der Waals surface area contributed by atoms with E-state index in [1.165, 1.54) is 0 Å². The molecule has 132 valence electrons. The van der Waals surface area contributed by atoms with Crippen LogP contribution in [0.5, 0.6) is 5.75 Å². The molecule has 0 amide bonds. The molecule has 0 saturated carbocycles. The monoisotopic (exact) mass is 373 g/mol. The Morgan fingerprint density at radius 2 is 1.78 bits per heavy atom. The number of aromatic nitrogens is 5. The van der Waals surface area contributed by atoms with Gasteiger partial charge < -0.3 is 4.74 Å². The van der Waals surface area contributed by atoms with E-state index >= 15 is 0 Å². The van der Waals surface area contributed by atoms with Gasteiger partial charge in [-0.2, -0.15) is 9.61 Å². The van der Waals surface area contributed by atoms with E-state index in [0.717, 1.165) is 33.7 Å². The molecule has 0 atom stereocenters. The number of nitrogens with one attached hydrogen (secondary N) is 1. The summed E-state index contributed by atoms with van der Waals surface area (Å²) in [4.78, 5) is 0. The van der Waals surface area contributed by atoms with Gasteiger partial charge >= 0.3 is 0 Å². The fourth-order valence-electron chi connectivity index (χ4n) is 3.31. The lowest BCUT2D eigenvalue weighted by Gasteiger charge is -2.09. The first-order valence-corrected chi connectivity index (χ1v) is 8.85. The highest BCUT2D eigenvalue weighted by atomic mass is 32.1. The lowest BCUT2D eigenvalue weighted by Crippen LogP contribution is -2.00. The number of ether oxygens (including phenoxy) is 1. The minimum atomic E-state index is 0.523. The maximum absolute atomic E-state index is 5.47. The molecule has 0 spiro atoms. The van der Waals surface area contributed by atoms with Gasteiger partial charge in [-0.3, -0.25) is 4.40 Å². The Kier molecular flexibility index (Phi) is 3.54. The Bertz CT molecular complexity index is 1320. The second-order valence-electron chi connectivity index (χ2n) is 6.14. The van der Waals surface area contributed by atoms with Crippen LogP contribution in [0.4, 0.5) is 0 Å². The lowest BCUT2D eigenvalue weighted by molar-refractivity contribution is 0.415. The second kappa shape index (κ2) is 6.07. The summed E-state index contributed by atoms with van der Waals surface area (Å²) < 4.78 is 9.50. The Morgan fingerprint density at radius 1 is 1.00 bits per heavy atom. The van der Waals surface area contributed by atoms with Gasteiger partial charge in [-0.15, -0.1) is 5.10 Å². The third-order valence-corrected chi connectivity index (χ3v) is 4.91. The van der Waals surface area contributed by atoms with Crippen molar-refractivity contribution in [1.82, 2.24) is 24.2 Å². The molecular weight excluding hydrogens is 358 g/mol. The van der Waals surface area contributed by atoms with Gasteiger partial charge in [-0.05, 0) is 53.7 Å². The summed E-state index contributed by atoms with van der Waals surface area (Å²) in [6.45, 7) is 0. The van der Waals surface area contributed by atoms with Crippen LogP contribution in [0.15, 0.2) is 66.9 Å². The molecule has 27 heavy (non-hydrogen) atoms. The van der Waals surface area contributed by atoms with Gasteiger partial charge in [0.25, 0.3) is 5.78 Å². The van der Waals surface area contributed by atoms with Gasteiger partial charge in [0.1, 0.15) is 5.75 Å². The molecular formula is C20H15N5OS. The van der Waals surface area contributed by atoms with Crippen LogP contribution in [-0.2, 0) is 0 Å². The predicted octanol–water partition coefficient (Wildman–Crippen LogP) is 4.38. The number of benzene rings is 2. The highest BCUT2D eigenvalue weighted by molar-refractivity contribution is 7.71. The molecule has 3 aromatic heterocycles. The zero-order valence-electron chi connectivity index (χ0n) is 14.5. The summed E-state index contributed by atoms with van der Waals surface area (Å²) in [6.07, 6.45) is 1.86. The molecule has 0 saturated heterocycles. The molecule has 0 aliphatic heterocycles. The maximum atomic E-state index is 5.47. The predicted molar refractivity (Wildman–Crippen MR) is 107 cm³/mol. The van der Waals surface area contributed by atoms with E-state index in [0.29, 0.717) is 10.5 Å². The number of hydrogen-bond donors (Lipinski definition) is 1. The third kappa shape index (κ3) is 2.43. The highest BCUT2D eigenvalue weighted by Crippen LogP contribution is 2.30. The number of hydrogen-bond acceptors (Lipinski definition) is 4. The van der Waals surface area contributed by atoms with Gasteiger partial charge in [-0.1, -0.05) is 30.3 Å². The zero-order valence-corrected chi connectivity index (χ0v) is 15.3. The standard InChI is InChI=1S/C20H15N5OS/c1-26-15-9-7-14(8-10-15)17-11-18-16(13-5-3-2-4-6-13)12-21-25(18)19-22-23-20(27)24(17)19/h2-12H,1H3,(H,23,27). The Balaban J connectivity index is 1.85. The van der Waals surface area contributed by atoms with Crippen molar-refractivity contribution in [2.24, 2.45) is 0 Å². The van der Waals surface area contributed by atoms with E-state index in [1.807, 2.05) is 57.6 Å². The summed E-state index contributed by atoms with van der Waals surface area (Å²) in [5.74, 6) is 1.45. The Labute approximate surface area is 159 Å². The largest absolute Gasteiger partial charge is 0.497 e. The molecule has 0 unspecified atom stereocenters. The van der Waals surface area contributed by atoms with E-state index in [4.69, 9.17) is 17.0 Å². The summed E-state index contributed by atoms with van der Waals surface area (Å²) in [7, 11) is 1.66. The number of H-pyrrole nitrogens is 1. The molecule has 7 heteroatoms. The average Bonchev–Trinajstić information content (AvgIpc) is 3.32. The third-order valence-electron chi connectivity index (χ3n) is 4.64. The number of methoxy groups -OCH3 is 1. The number of nitrogens with zero attached hydrogens (tertiary/aromatic N) is 4. The van der Waals surface area contributed by atoms with E-state index < -0.39 is 0 Å². The fraction of sp³-hybridized carbons (Fsp3) is 0.0500. The van der Waals surface area contributed by atoms with Gasteiger partial charge in [0.05, 0.1) is 24.5 Å². The summed E-state index contributed by atoms with van der Waals surface area (Å²) in [5.41, 5.74) is 5.07. The molecule has 0 aliphatic rings. The van der Waals surface area contributed by atoms with Crippen molar-refractivity contribution in [3.8, 4) is 28.1 Å². The quantitative estimate of drug-likeness (QED) is 0.477. The molecule has 2 aromatic carbocycles. The average molecular weight is 373 g/mol. The van der Waals surface area contributed by atoms with Crippen LogP contribution in [0.3, 0.4) is 0 Å². The molecule has 1 N–H and O–H groups in total. The number of fused-ring (bicyclic) bond motifs is 3. The van der Waals surface area contributed by atoms with Crippen LogP contribution in [0.2, 0.25) is 0 Å². The Hall–Kier alpha value is -3.45. The van der Waals surface area contributed by atoms with Gasteiger partial charge in [0, 0.05) is 5.56 Å². The summed E-state index contributed by atoms with van der Waals surface area (Å²) in [6, 6.07) is 20.2. The lowest BCUT2D eigenvalue weighted by atomic mass is 10.1. The first kappa shape index (κ1) is 15.8. The molecule has 0 radical (unpaired) electrons.